The van der Waals surface area contributed by atoms with Crippen molar-refractivity contribution in [3.63, 3.8) is 0 Å². The minimum atomic E-state index is -0.605. The first-order chi connectivity index (χ1) is 9.58. The molecule has 0 aliphatic heterocycles. The number of nitrogens with zero attached hydrogens (tertiary/aromatic N) is 1. The molecule has 2 rings (SSSR count). The summed E-state index contributed by atoms with van der Waals surface area (Å²) in [4.78, 5) is 14.0. The molecule has 0 aliphatic carbocycles. The number of carbonyl (C=O) groups is 1. The SMILES string of the molecule is Cc1ccc(CN(C)C(=O)[C@H](N)c2ccccc2)cc1. The number of amides is 1. The van der Waals surface area contributed by atoms with Crippen LogP contribution >= 0.6 is 0 Å². The fourth-order valence-corrected chi connectivity index (χ4v) is 2.09. The lowest BCUT2D eigenvalue weighted by Crippen LogP contribution is -2.35. The van der Waals surface area contributed by atoms with E-state index in [1.165, 1.54) is 5.56 Å². The Hall–Kier alpha value is -2.13. The van der Waals surface area contributed by atoms with E-state index < -0.39 is 6.04 Å². The van der Waals surface area contributed by atoms with Crippen molar-refractivity contribution in [2.75, 3.05) is 7.05 Å². The second-order valence-electron chi connectivity index (χ2n) is 5.07. The van der Waals surface area contributed by atoms with Gasteiger partial charge in [-0.25, -0.2) is 0 Å². The zero-order chi connectivity index (χ0) is 14.5. The molecule has 2 aromatic rings. The van der Waals surface area contributed by atoms with Crippen LogP contribution in [-0.4, -0.2) is 17.9 Å². The van der Waals surface area contributed by atoms with Crippen LogP contribution in [-0.2, 0) is 11.3 Å². The maximum absolute atomic E-state index is 12.3. The molecule has 104 valence electrons. The van der Waals surface area contributed by atoms with Gasteiger partial charge >= 0.3 is 0 Å². The molecule has 0 unspecified atom stereocenters. The molecule has 1 atom stereocenters. The van der Waals surface area contributed by atoms with E-state index in [1.54, 1.807) is 11.9 Å². The first-order valence-electron chi connectivity index (χ1n) is 6.69. The third-order valence-corrected chi connectivity index (χ3v) is 3.34. The summed E-state index contributed by atoms with van der Waals surface area (Å²) in [5, 5.41) is 0. The predicted molar refractivity (Wildman–Crippen MR) is 81.0 cm³/mol. The number of likely N-dealkylation sites (N-methyl/N-ethyl adjacent to an activating group) is 1. The number of nitrogens with two attached hydrogens (primary N) is 1. The summed E-state index contributed by atoms with van der Waals surface area (Å²) >= 11 is 0. The summed E-state index contributed by atoms with van der Waals surface area (Å²) in [6.07, 6.45) is 0. The minimum absolute atomic E-state index is 0.0724. The third kappa shape index (κ3) is 3.45. The molecule has 0 aliphatic rings. The maximum atomic E-state index is 12.3. The van der Waals surface area contributed by atoms with E-state index >= 15 is 0 Å². The molecule has 2 aromatic carbocycles. The van der Waals surface area contributed by atoms with Crippen LogP contribution in [0.5, 0.6) is 0 Å². The molecule has 1 amide bonds. The largest absolute Gasteiger partial charge is 0.340 e. The Balaban J connectivity index is 2.03. The fraction of sp³-hybridized carbons (Fsp3) is 0.235. The number of benzene rings is 2. The van der Waals surface area contributed by atoms with Gasteiger partial charge in [0.05, 0.1) is 0 Å². The topological polar surface area (TPSA) is 46.3 Å². The van der Waals surface area contributed by atoms with Crippen molar-refractivity contribution >= 4 is 5.91 Å². The van der Waals surface area contributed by atoms with Gasteiger partial charge in [0.1, 0.15) is 6.04 Å². The lowest BCUT2D eigenvalue weighted by molar-refractivity contribution is -0.131. The normalized spacial score (nSPS) is 11.9. The van der Waals surface area contributed by atoms with Crippen molar-refractivity contribution < 1.29 is 4.79 Å². The van der Waals surface area contributed by atoms with E-state index in [4.69, 9.17) is 5.73 Å². The van der Waals surface area contributed by atoms with Gasteiger partial charge in [0.15, 0.2) is 0 Å². The Morgan fingerprint density at radius 1 is 1.10 bits per heavy atom. The second-order valence-corrected chi connectivity index (χ2v) is 5.07. The van der Waals surface area contributed by atoms with Gasteiger partial charge in [0, 0.05) is 13.6 Å². The van der Waals surface area contributed by atoms with E-state index in [2.05, 4.69) is 0 Å². The van der Waals surface area contributed by atoms with Gasteiger partial charge < -0.3 is 10.6 Å². The lowest BCUT2D eigenvalue weighted by atomic mass is 10.1. The van der Waals surface area contributed by atoms with Crippen LogP contribution in [0, 0.1) is 6.92 Å². The van der Waals surface area contributed by atoms with E-state index in [1.807, 2.05) is 61.5 Å². The molecule has 0 radical (unpaired) electrons. The molecule has 0 fully saturated rings. The molecule has 2 N–H and O–H groups in total. The van der Waals surface area contributed by atoms with Gasteiger partial charge in [-0.05, 0) is 18.1 Å². The van der Waals surface area contributed by atoms with Gasteiger partial charge in [-0.3, -0.25) is 4.79 Å². The maximum Gasteiger partial charge on any atom is 0.244 e. The van der Waals surface area contributed by atoms with Crippen LogP contribution < -0.4 is 5.73 Å². The highest BCUT2D eigenvalue weighted by Crippen LogP contribution is 2.14. The number of rotatable bonds is 4. The standard InChI is InChI=1S/C17H20N2O/c1-13-8-10-14(11-9-13)12-19(2)17(20)16(18)15-6-4-3-5-7-15/h3-11,16H,12,18H2,1-2H3/t16-/m1/s1. The van der Waals surface area contributed by atoms with Crippen molar-refractivity contribution in [2.24, 2.45) is 5.73 Å². The highest BCUT2D eigenvalue weighted by atomic mass is 16.2. The van der Waals surface area contributed by atoms with Crippen LogP contribution in [0.15, 0.2) is 54.6 Å². The molecule has 0 heterocycles. The summed E-state index contributed by atoms with van der Waals surface area (Å²) in [7, 11) is 1.78. The zero-order valence-electron chi connectivity index (χ0n) is 11.9. The Bertz CT molecular complexity index is 563. The van der Waals surface area contributed by atoms with Gasteiger partial charge in [-0.2, -0.15) is 0 Å². The molecule has 20 heavy (non-hydrogen) atoms. The minimum Gasteiger partial charge on any atom is -0.340 e. The first kappa shape index (κ1) is 14.3. The zero-order valence-corrected chi connectivity index (χ0v) is 11.9. The second kappa shape index (κ2) is 6.35. The van der Waals surface area contributed by atoms with Crippen LogP contribution in [0.3, 0.4) is 0 Å². The summed E-state index contributed by atoms with van der Waals surface area (Å²) in [5.74, 6) is -0.0724. The van der Waals surface area contributed by atoms with E-state index in [-0.39, 0.29) is 5.91 Å². The molecule has 0 aromatic heterocycles. The summed E-state index contributed by atoms with van der Waals surface area (Å²) in [6.45, 7) is 2.61. The Labute approximate surface area is 120 Å². The van der Waals surface area contributed by atoms with Gasteiger partial charge in [0.25, 0.3) is 0 Å². The highest BCUT2D eigenvalue weighted by molar-refractivity contribution is 5.82. The van der Waals surface area contributed by atoms with Crippen molar-refractivity contribution in [3.8, 4) is 0 Å². The molecule has 0 spiro atoms. The average molecular weight is 268 g/mol. The number of hydrogen-bond donors (Lipinski definition) is 1. The van der Waals surface area contributed by atoms with Crippen molar-refractivity contribution in [3.05, 3.63) is 71.3 Å². The van der Waals surface area contributed by atoms with Gasteiger partial charge in [-0.1, -0.05) is 60.2 Å². The molecular weight excluding hydrogens is 248 g/mol. The van der Waals surface area contributed by atoms with Crippen molar-refractivity contribution in [1.82, 2.24) is 4.90 Å². The molecular formula is C17H20N2O. The van der Waals surface area contributed by atoms with E-state index in [0.29, 0.717) is 6.54 Å². The highest BCUT2D eigenvalue weighted by Gasteiger charge is 2.19. The molecule has 0 bridgehead atoms. The predicted octanol–water partition coefficient (Wildman–Crippen LogP) is 2.65. The van der Waals surface area contributed by atoms with Crippen molar-refractivity contribution in [1.29, 1.82) is 0 Å². The van der Waals surface area contributed by atoms with Crippen LogP contribution in [0.25, 0.3) is 0 Å². The number of hydrogen-bond acceptors (Lipinski definition) is 2. The molecule has 3 heteroatoms. The quantitative estimate of drug-likeness (QED) is 0.926. The van der Waals surface area contributed by atoms with Gasteiger partial charge in [0.2, 0.25) is 5.91 Å². The lowest BCUT2D eigenvalue weighted by Gasteiger charge is -2.21. The third-order valence-electron chi connectivity index (χ3n) is 3.34. The van der Waals surface area contributed by atoms with Crippen LogP contribution in [0.1, 0.15) is 22.7 Å². The van der Waals surface area contributed by atoms with Crippen LogP contribution in [0.2, 0.25) is 0 Å². The fourth-order valence-electron chi connectivity index (χ4n) is 2.09. The molecule has 3 nitrogen and oxygen atoms in total. The summed E-state index contributed by atoms with van der Waals surface area (Å²) in [5.41, 5.74) is 9.18. The smallest absolute Gasteiger partial charge is 0.244 e. The first-order valence-corrected chi connectivity index (χ1v) is 6.69. The van der Waals surface area contributed by atoms with E-state index in [0.717, 1.165) is 11.1 Å². The molecule has 0 saturated heterocycles. The van der Waals surface area contributed by atoms with Crippen LogP contribution in [0.4, 0.5) is 0 Å². The number of carbonyl (C=O) groups excluding carboxylic acids is 1. The van der Waals surface area contributed by atoms with Gasteiger partial charge in [-0.15, -0.1) is 0 Å². The summed E-state index contributed by atoms with van der Waals surface area (Å²) < 4.78 is 0. The number of aryl methyl sites for hydroxylation is 1. The van der Waals surface area contributed by atoms with E-state index in [9.17, 15) is 4.79 Å². The Morgan fingerprint density at radius 3 is 2.30 bits per heavy atom. The average Bonchev–Trinajstić information content (AvgIpc) is 2.49. The Kier molecular flexibility index (Phi) is 4.53. The molecule has 0 saturated carbocycles. The van der Waals surface area contributed by atoms with Crippen molar-refractivity contribution in [2.45, 2.75) is 19.5 Å². The summed E-state index contributed by atoms with van der Waals surface area (Å²) in [6, 6.07) is 17.0. The Morgan fingerprint density at radius 2 is 1.70 bits per heavy atom. The monoisotopic (exact) mass is 268 g/mol.